The monoisotopic (exact) mass is 446 g/mol. The molecular weight excluding hydrogens is 420 g/mol. The lowest BCUT2D eigenvalue weighted by Crippen LogP contribution is -2.32. The fraction of sp³-hybridized carbons (Fsp3) is 0.385. The summed E-state index contributed by atoms with van der Waals surface area (Å²) in [5.41, 5.74) is 3.36. The zero-order valence-corrected chi connectivity index (χ0v) is 18.7. The Morgan fingerprint density at radius 2 is 1.67 bits per heavy atom. The van der Waals surface area contributed by atoms with Crippen LogP contribution in [-0.2, 0) is 19.1 Å². The van der Waals surface area contributed by atoms with Crippen molar-refractivity contribution in [2.45, 2.75) is 33.1 Å². The van der Waals surface area contributed by atoms with E-state index in [0.717, 1.165) is 30.4 Å². The lowest BCUT2D eigenvalue weighted by Gasteiger charge is -2.19. The van der Waals surface area contributed by atoms with Crippen LogP contribution in [0, 0.1) is 37.5 Å². The molecule has 3 fully saturated rings. The number of hydrogen-bond acceptors (Lipinski definition) is 5. The number of fused-ring (bicyclic) bond motifs is 5. The van der Waals surface area contributed by atoms with Crippen LogP contribution in [-0.4, -0.2) is 30.3 Å². The summed E-state index contributed by atoms with van der Waals surface area (Å²) >= 11 is 0. The van der Waals surface area contributed by atoms with Crippen molar-refractivity contribution in [1.82, 2.24) is 0 Å². The van der Waals surface area contributed by atoms with Gasteiger partial charge in [-0.05, 0) is 86.4 Å². The van der Waals surface area contributed by atoms with Crippen LogP contribution in [0.2, 0.25) is 0 Å². The number of ether oxygens (including phenoxy) is 1. The number of nitrogens with zero attached hydrogens (tertiary/aromatic N) is 1. The summed E-state index contributed by atoms with van der Waals surface area (Å²) in [4.78, 5) is 52.1. The number of esters is 1. The number of imide groups is 1. The number of hydrogen-bond donors (Lipinski definition) is 1. The first-order valence-corrected chi connectivity index (χ1v) is 11.4. The molecule has 1 saturated heterocycles. The summed E-state index contributed by atoms with van der Waals surface area (Å²) in [5.74, 6) is -1.30. The van der Waals surface area contributed by atoms with E-state index in [4.69, 9.17) is 4.74 Å². The molecule has 1 heterocycles. The van der Waals surface area contributed by atoms with E-state index in [1.54, 1.807) is 24.3 Å². The Hall–Kier alpha value is -3.48. The summed E-state index contributed by atoms with van der Waals surface area (Å²) in [7, 11) is 0. The fourth-order valence-corrected chi connectivity index (χ4v) is 5.67. The molecular formula is C26H26N2O5. The van der Waals surface area contributed by atoms with Crippen molar-refractivity contribution in [2.75, 3.05) is 16.8 Å². The van der Waals surface area contributed by atoms with Crippen molar-refractivity contribution in [3.63, 3.8) is 0 Å². The summed E-state index contributed by atoms with van der Waals surface area (Å²) in [6, 6.07) is 11.8. The van der Waals surface area contributed by atoms with Crippen molar-refractivity contribution in [1.29, 1.82) is 0 Å². The van der Waals surface area contributed by atoms with Crippen LogP contribution >= 0.6 is 0 Å². The third-order valence-corrected chi connectivity index (χ3v) is 7.39. The maximum atomic E-state index is 13.0. The molecule has 0 aromatic heterocycles. The predicted octanol–water partition coefficient (Wildman–Crippen LogP) is 3.63. The highest BCUT2D eigenvalue weighted by Crippen LogP contribution is 2.56. The Morgan fingerprint density at radius 1 is 0.970 bits per heavy atom. The number of amides is 3. The van der Waals surface area contributed by atoms with Gasteiger partial charge in [-0.1, -0.05) is 12.1 Å². The number of aryl methyl sites for hydroxylation is 2. The number of anilines is 2. The molecule has 0 unspecified atom stereocenters. The van der Waals surface area contributed by atoms with Gasteiger partial charge in [-0.3, -0.25) is 19.3 Å². The first kappa shape index (κ1) is 21.4. The average Bonchev–Trinajstić information content (AvgIpc) is 3.48. The standard InChI is InChI=1S/C26H26N2O5/c1-14-6-9-19(10-15(14)2)27-21(29)13-33-26(32)18-4-3-5-20(12-18)28-24(30)22-16-7-8-17(11-16)23(22)25(28)31/h3-6,9-10,12,16-17,22-23H,7-8,11,13H2,1-2H3,(H,27,29)/t16-,17-,22-,23-/m0/s1. The Labute approximate surface area is 192 Å². The second kappa shape index (κ2) is 8.14. The molecule has 7 nitrogen and oxygen atoms in total. The van der Waals surface area contributed by atoms with Gasteiger partial charge in [-0.15, -0.1) is 0 Å². The van der Waals surface area contributed by atoms with E-state index in [9.17, 15) is 19.2 Å². The minimum atomic E-state index is -0.688. The van der Waals surface area contributed by atoms with E-state index in [-0.39, 0.29) is 29.2 Å². The highest BCUT2D eigenvalue weighted by Gasteiger charge is 2.61. The molecule has 1 N–H and O–H groups in total. The van der Waals surface area contributed by atoms with Gasteiger partial charge in [0.25, 0.3) is 5.91 Å². The Bertz CT molecular complexity index is 1150. The van der Waals surface area contributed by atoms with Crippen LogP contribution in [0.5, 0.6) is 0 Å². The smallest absolute Gasteiger partial charge is 0.338 e. The molecule has 2 saturated carbocycles. The van der Waals surface area contributed by atoms with Crippen molar-refractivity contribution in [2.24, 2.45) is 23.7 Å². The SMILES string of the molecule is Cc1ccc(NC(=O)COC(=O)c2cccc(N3C(=O)[C@H]4[C@H]5CC[C@@H](C5)[C@@H]4C3=O)c2)cc1C. The summed E-state index contributed by atoms with van der Waals surface area (Å²) in [6.45, 7) is 3.49. The predicted molar refractivity (Wildman–Crippen MR) is 122 cm³/mol. The summed E-state index contributed by atoms with van der Waals surface area (Å²) in [5, 5.41) is 2.71. The summed E-state index contributed by atoms with van der Waals surface area (Å²) in [6.07, 6.45) is 2.99. The van der Waals surface area contributed by atoms with E-state index in [2.05, 4.69) is 5.32 Å². The maximum absolute atomic E-state index is 13.0. The van der Waals surface area contributed by atoms with Gasteiger partial charge in [-0.2, -0.15) is 0 Å². The zero-order valence-electron chi connectivity index (χ0n) is 18.7. The molecule has 0 radical (unpaired) electrons. The fourth-order valence-electron chi connectivity index (χ4n) is 5.67. The lowest BCUT2D eigenvalue weighted by atomic mass is 9.81. The second-order valence-electron chi connectivity index (χ2n) is 9.37. The molecule has 33 heavy (non-hydrogen) atoms. The Balaban J connectivity index is 1.24. The van der Waals surface area contributed by atoms with Crippen LogP contribution in [0.3, 0.4) is 0 Å². The molecule has 1 aliphatic heterocycles. The van der Waals surface area contributed by atoms with Gasteiger partial charge in [0.15, 0.2) is 6.61 Å². The maximum Gasteiger partial charge on any atom is 0.338 e. The van der Waals surface area contributed by atoms with E-state index in [0.29, 0.717) is 23.2 Å². The molecule has 3 aliphatic rings. The molecule has 0 spiro atoms. The highest BCUT2D eigenvalue weighted by atomic mass is 16.5. The molecule has 2 aromatic carbocycles. The number of carbonyl (C=O) groups excluding carboxylic acids is 4. The van der Waals surface area contributed by atoms with Crippen molar-refractivity contribution in [3.8, 4) is 0 Å². The van der Waals surface area contributed by atoms with Crippen LogP contribution < -0.4 is 10.2 Å². The van der Waals surface area contributed by atoms with Gasteiger partial charge in [-0.25, -0.2) is 4.79 Å². The van der Waals surface area contributed by atoms with Gasteiger partial charge in [0, 0.05) is 5.69 Å². The molecule has 3 amide bonds. The zero-order chi connectivity index (χ0) is 23.3. The van der Waals surface area contributed by atoms with Gasteiger partial charge in [0.2, 0.25) is 11.8 Å². The van der Waals surface area contributed by atoms with E-state index < -0.39 is 18.5 Å². The average molecular weight is 447 g/mol. The Kier molecular flexibility index (Phi) is 5.27. The minimum absolute atomic E-state index is 0.157. The van der Waals surface area contributed by atoms with Crippen molar-refractivity contribution < 1.29 is 23.9 Å². The quantitative estimate of drug-likeness (QED) is 0.559. The number of nitrogens with one attached hydrogen (secondary N) is 1. The van der Waals surface area contributed by atoms with E-state index in [1.807, 2.05) is 26.0 Å². The van der Waals surface area contributed by atoms with Crippen molar-refractivity contribution >= 4 is 35.1 Å². The van der Waals surface area contributed by atoms with Gasteiger partial charge in [0.1, 0.15) is 0 Å². The topological polar surface area (TPSA) is 92.8 Å². The largest absolute Gasteiger partial charge is 0.452 e. The van der Waals surface area contributed by atoms with Crippen LogP contribution in [0.4, 0.5) is 11.4 Å². The van der Waals surface area contributed by atoms with Gasteiger partial charge in [0.05, 0.1) is 23.1 Å². The molecule has 5 rings (SSSR count). The minimum Gasteiger partial charge on any atom is -0.452 e. The van der Waals surface area contributed by atoms with E-state index >= 15 is 0 Å². The van der Waals surface area contributed by atoms with Crippen LogP contribution in [0.15, 0.2) is 42.5 Å². The molecule has 7 heteroatoms. The molecule has 2 bridgehead atoms. The second-order valence-corrected chi connectivity index (χ2v) is 9.37. The molecule has 2 aliphatic carbocycles. The third kappa shape index (κ3) is 3.71. The Morgan fingerprint density at radius 3 is 2.33 bits per heavy atom. The van der Waals surface area contributed by atoms with Gasteiger partial charge < -0.3 is 10.1 Å². The van der Waals surface area contributed by atoms with Crippen LogP contribution in [0.25, 0.3) is 0 Å². The first-order chi connectivity index (χ1) is 15.8. The number of carbonyl (C=O) groups is 4. The van der Waals surface area contributed by atoms with Gasteiger partial charge >= 0.3 is 5.97 Å². The normalized spacial score (nSPS) is 25.3. The summed E-state index contributed by atoms with van der Waals surface area (Å²) < 4.78 is 5.17. The number of benzene rings is 2. The molecule has 4 atom stereocenters. The highest BCUT2D eigenvalue weighted by molar-refractivity contribution is 6.22. The first-order valence-electron chi connectivity index (χ1n) is 11.4. The lowest BCUT2D eigenvalue weighted by molar-refractivity contribution is -0.123. The molecule has 170 valence electrons. The van der Waals surface area contributed by atoms with E-state index in [1.165, 1.54) is 11.0 Å². The molecule has 2 aromatic rings. The van der Waals surface area contributed by atoms with Crippen molar-refractivity contribution in [3.05, 3.63) is 59.2 Å². The third-order valence-electron chi connectivity index (χ3n) is 7.39. The van der Waals surface area contributed by atoms with Crippen LogP contribution in [0.1, 0.15) is 40.7 Å². The number of rotatable bonds is 5.